The zero-order chi connectivity index (χ0) is 45.7. The fourth-order valence-electron chi connectivity index (χ4n) is 9.76. The molecule has 0 aliphatic rings. The Morgan fingerprint density at radius 3 is 1.26 bits per heavy atom. The van der Waals surface area contributed by atoms with Crippen LogP contribution >= 0.6 is 0 Å². The first-order valence-corrected chi connectivity index (χ1v) is 23.2. The smallest absolute Gasteiger partial charge is 0.164 e. The summed E-state index contributed by atoms with van der Waals surface area (Å²) < 4.78 is 6.64. The van der Waals surface area contributed by atoms with Crippen LogP contribution in [0.25, 0.3) is 134 Å². The van der Waals surface area contributed by atoms with E-state index >= 15 is 0 Å². The van der Waals surface area contributed by atoms with Crippen LogP contribution in [0.3, 0.4) is 0 Å². The minimum absolute atomic E-state index is 0.607. The predicted molar refractivity (Wildman–Crippen MR) is 283 cm³/mol. The second-order valence-corrected chi connectivity index (χ2v) is 17.3. The molecule has 0 fully saturated rings. The fourth-order valence-corrected chi connectivity index (χ4v) is 9.76. The van der Waals surface area contributed by atoms with Gasteiger partial charge < -0.3 is 4.42 Å². The molecule has 69 heavy (non-hydrogen) atoms. The summed E-state index contributed by atoms with van der Waals surface area (Å²) in [7, 11) is 0. The third-order valence-electron chi connectivity index (χ3n) is 13.1. The lowest BCUT2D eigenvalue weighted by Gasteiger charge is -2.16. The van der Waals surface area contributed by atoms with Gasteiger partial charge in [-0.1, -0.05) is 206 Å². The van der Waals surface area contributed by atoms with E-state index in [2.05, 4.69) is 188 Å². The number of para-hydroxylation sites is 2. The molecule has 0 aliphatic heterocycles. The van der Waals surface area contributed by atoms with Gasteiger partial charge >= 0.3 is 0 Å². The highest BCUT2D eigenvalue weighted by Gasteiger charge is 2.22. The summed E-state index contributed by atoms with van der Waals surface area (Å²) in [6, 6.07) is 84.6. The van der Waals surface area contributed by atoms with Gasteiger partial charge in [0.25, 0.3) is 0 Å². The van der Waals surface area contributed by atoms with Gasteiger partial charge in [-0.05, 0) is 75.3 Å². The molecule has 10 aromatic carbocycles. The molecular weight excluding hydrogens is 841 g/mol. The zero-order valence-corrected chi connectivity index (χ0v) is 37.3. The van der Waals surface area contributed by atoms with E-state index in [-0.39, 0.29) is 0 Å². The summed E-state index contributed by atoms with van der Waals surface area (Å²) in [5.41, 5.74) is 16.3. The molecule has 0 amide bonds. The van der Waals surface area contributed by atoms with Crippen LogP contribution in [0, 0.1) is 0 Å². The molecule has 0 radical (unpaired) electrons. The van der Waals surface area contributed by atoms with E-state index in [1.165, 1.54) is 0 Å². The molecule has 0 saturated carbocycles. The summed E-state index contributed by atoms with van der Waals surface area (Å²) >= 11 is 0. The van der Waals surface area contributed by atoms with Crippen molar-refractivity contribution in [3.8, 4) is 89.9 Å². The molecule has 3 heterocycles. The maximum absolute atomic E-state index is 6.64. The Morgan fingerprint density at radius 2 is 0.667 bits per heavy atom. The summed E-state index contributed by atoms with van der Waals surface area (Å²) in [6.07, 6.45) is 0. The third kappa shape index (κ3) is 7.30. The normalized spacial score (nSPS) is 11.5. The number of rotatable bonds is 8. The number of hydrogen-bond donors (Lipinski definition) is 0. The first kappa shape index (κ1) is 40.0. The van der Waals surface area contributed by atoms with Crippen molar-refractivity contribution in [3.63, 3.8) is 0 Å². The van der Waals surface area contributed by atoms with Crippen LogP contribution in [0.1, 0.15) is 0 Å². The van der Waals surface area contributed by atoms with Gasteiger partial charge in [-0.2, -0.15) is 0 Å². The maximum atomic E-state index is 6.64. The van der Waals surface area contributed by atoms with Gasteiger partial charge in [0, 0.05) is 54.7 Å². The average molecular weight is 881 g/mol. The zero-order valence-electron chi connectivity index (χ0n) is 37.3. The van der Waals surface area contributed by atoms with E-state index in [0.29, 0.717) is 17.5 Å². The van der Waals surface area contributed by atoms with Gasteiger partial charge in [0.05, 0.1) is 11.2 Å². The van der Waals surface area contributed by atoms with Crippen LogP contribution in [0.4, 0.5) is 0 Å². The molecule has 3 aromatic heterocycles. The number of nitrogens with zero attached hydrogens (tertiary/aromatic N) is 4. The number of benzene rings is 10. The molecule has 0 bridgehead atoms. The largest absolute Gasteiger partial charge is 0.456 e. The Bertz CT molecular complexity index is 3960. The Morgan fingerprint density at radius 1 is 0.246 bits per heavy atom. The molecule has 0 saturated heterocycles. The van der Waals surface area contributed by atoms with E-state index in [9.17, 15) is 0 Å². The van der Waals surface area contributed by atoms with Crippen molar-refractivity contribution in [2.24, 2.45) is 0 Å². The van der Waals surface area contributed by atoms with E-state index in [1.807, 2.05) is 54.6 Å². The molecular formula is C64H40N4O. The quantitative estimate of drug-likeness (QED) is 0.142. The van der Waals surface area contributed by atoms with Crippen LogP contribution < -0.4 is 0 Å². The second kappa shape index (κ2) is 16.8. The second-order valence-electron chi connectivity index (χ2n) is 17.3. The van der Waals surface area contributed by atoms with E-state index in [1.54, 1.807) is 0 Å². The van der Waals surface area contributed by atoms with Gasteiger partial charge in [-0.25, -0.2) is 19.9 Å². The van der Waals surface area contributed by atoms with Crippen molar-refractivity contribution >= 4 is 43.6 Å². The van der Waals surface area contributed by atoms with Crippen LogP contribution in [-0.2, 0) is 0 Å². The SMILES string of the molecule is c1ccc(-c2cc(-c3ccccc3)cc(-c3nc(-c4ccccc4)nc(-c4ccc(-c5ccc(-c6c7c(cc8c(-c9ccccc9)nc9ccccc9c68)oc6ccccc67)cc5)cc4)n3)c2)cc1. The molecule has 0 unspecified atom stereocenters. The lowest BCUT2D eigenvalue weighted by molar-refractivity contribution is 0.669. The van der Waals surface area contributed by atoms with E-state index in [0.717, 1.165) is 116 Å². The molecule has 13 aromatic rings. The Labute approximate surface area is 398 Å². The number of furan rings is 1. The highest BCUT2D eigenvalue weighted by molar-refractivity contribution is 6.27. The monoisotopic (exact) mass is 880 g/mol. The number of fused-ring (bicyclic) bond motifs is 6. The van der Waals surface area contributed by atoms with Crippen molar-refractivity contribution in [1.29, 1.82) is 0 Å². The Balaban J connectivity index is 0.920. The highest BCUT2D eigenvalue weighted by atomic mass is 16.3. The van der Waals surface area contributed by atoms with Crippen molar-refractivity contribution in [3.05, 3.63) is 243 Å². The molecule has 0 spiro atoms. The molecule has 0 N–H and O–H groups in total. The van der Waals surface area contributed by atoms with Crippen molar-refractivity contribution < 1.29 is 4.42 Å². The predicted octanol–water partition coefficient (Wildman–Crippen LogP) is 16.8. The molecule has 5 nitrogen and oxygen atoms in total. The van der Waals surface area contributed by atoms with Crippen LogP contribution in [-0.4, -0.2) is 19.9 Å². The molecule has 0 aliphatic carbocycles. The molecule has 5 heteroatoms. The maximum Gasteiger partial charge on any atom is 0.164 e. The Kier molecular flexibility index (Phi) is 9.76. The third-order valence-corrected chi connectivity index (χ3v) is 13.1. The van der Waals surface area contributed by atoms with Gasteiger partial charge in [-0.3, -0.25) is 0 Å². The van der Waals surface area contributed by atoms with Crippen molar-refractivity contribution in [2.45, 2.75) is 0 Å². The first-order valence-electron chi connectivity index (χ1n) is 23.2. The summed E-state index contributed by atoms with van der Waals surface area (Å²) in [4.78, 5) is 20.7. The standard InChI is InChI=1S/C64H40N4O/c1-5-17-41(18-6-1)49-37-50(42-19-7-2-8-20-42)39-51(38-49)64-67-62(47-23-11-4-12-24-47)66-63(68-64)48-35-31-44(32-36-48)43-29-33-45(34-30-43)58-59-52-25-13-15-27-55(52)65-61(46-21-9-3-10-22-46)54(59)40-57-60(58)53-26-14-16-28-56(53)69-57/h1-40H. The first-order chi connectivity index (χ1) is 34.2. The van der Waals surface area contributed by atoms with Crippen LogP contribution in [0.2, 0.25) is 0 Å². The molecule has 322 valence electrons. The van der Waals surface area contributed by atoms with Crippen LogP contribution in [0.15, 0.2) is 247 Å². The topological polar surface area (TPSA) is 64.7 Å². The minimum atomic E-state index is 0.607. The lowest BCUT2D eigenvalue weighted by atomic mass is 9.89. The van der Waals surface area contributed by atoms with Gasteiger partial charge in [0.1, 0.15) is 11.2 Å². The van der Waals surface area contributed by atoms with Crippen molar-refractivity contribution in [2.75, 3.05) is 0 Å². The summed E-state index contributed by atoms with van der Waals surface area (Å²) in [6.45, 7) is 0. The van der Waals surface area contributed by atoms with Gasteiger partial charge in [0.15, 0.2) is 17.5 Å². The minimum Gasteiger partial charge on any atom is -0.456 e. The van der Waals surface area contributed by atoms with Crippen LogP contribution in [0.5, 0.6) is 0 Å². The fraction of sp³-hybridized carbons (Fsp3) is 0. The summed E-state index contributed by atoms with van der Waals surface area (Å²) in [5.74, 6) is 1.84. The number of hydrogen-bond acceptors (Lipinski definition) is 5. The van der Waals surface area contributed by atoms with E-state index in [4.69, 9.17) is 24.4 Å². The van der Waals surface area contributed by atoms with Gasteiger partial charge in [-0.15, -0.1) is 0 Å². The lowest BCUT2D eigenvalue weighted by Crippen LogP contribution is -2.00. The Hall–Kier alpha value is -9.32. The van der Waals surface area contributed by atoms with Gasteiger partial charge in [0.2, 0.25) is 0 Å². The highest BCUT2D eigenvalue weighted by Crippen LogP contribution is 2.46. The van der Waals surface area contributed by atoms with E-state index < -0.39 is 0 Å². The number of aromatic nitrogens is 4. The molecule has 13 rings (SSSR count). The average Bonchev–Trinajstić information content (AvgIpc) is 3.81. The summed E-state index contributed by atoms with van der Waals surface area (Å²) in [5, 5.41) is 5.50. The number of pyridine rings is 1. The van der Waals surface area contributed by atoms with Crippen molar-refractivity contribution in [1.82, 2.24) is 19.9 Å². The molecule has 0 atom stereocenters.